The van der Waals surface area contributed by atoms with Gasteiger partial charge in [0.1, 0.15) is 22.9 Å². The number of amides is 3. The van der Waals surface area contributed by atoms with E-state index < -0.39 is 35.7 Å². The van der Waals surface area contributed by atoms with E-state index in [1.165, 1.54) is 31.3 Å². The second-order valence-corrected chi connectivity index (χ2v) is 18.3. The second kappa shape index (κ2) is 18.3. The number of carbonyl (C=O) groups is 3. The van der Waals surface area contributed by atoms with Crippen LogP contribution in [0.2, 0.25) is 0 Å². The molecule has 2 N–H and O–H groups in total. The molecule has 4 heterocycles. The minimum atomic E-state index is -3.61. The molecule has 0 spiro atoms. The van der Waals surface area contributed by atoms with Gasteiger partial charge in [-0.15, -0.1) is 0 Å². The van der Waals surface area contributed by atoms with Gasteiger partial charge in [-0.25, -0.2) is 14.2 Å². The number of hydrogen-bond acceptors (Lipinski definition) is 11. The predicted molar refractivity (Wildman–Crippen MR) is 223 cm³/mol. The second-order valence-electron chi connectivity index (χ2n) is 18.3. The van der Waals surface area contributed by atoms with Crippen LogP contribution in [0.4, 0.5) is 41.1 Å². The van der Waals surface area contributed by atoms with Crippen LogP contribution in [0.3, 0.4) is 0 Å². The van der Waals surface area contributed by atoms with E-state index >= 15 is 13.2 Å². The van der Waals surface area contributed by atoms with Gasteiger partial charge < -0.3 is 39.7 Å². The third-order valence-electron chi connectivity index (χ3n) is 13.0. The molecule has 3 aliphatic heterocycles. The van der Waals surface area contributed by atoms with Crippen LogP contribution in [0.5, 0.6) is 5.75 Å². The highest BCUT2D eigenvalue weighted by Gasteiger charge is 2.49. The van der Waals surface area contributed by atoms with E-state index in [1.807, 2.05) is 25.7 Å². The number of halogens is 3. The van der Waals surface area contributed by atoms with Crippen LogP contribution in [0, 0.1) is 11.7 Å². The Morgan fingerprint density at radius 2 is 1.62 bits per heavy atom. The molecule has 2 saturated carbocycles. The van der Waals surface area contributed by atoms with Crippen LogP contribution >= 0.6 is 0 Å². The van der Waals surface area contributed by atoms with E-state index in [0.717, 1.165) is 115 Å². The van der Waals surface area contributed by atoms with Gasteiger partial charge in [-0.3, -0.25) is 14.5 Å². The lowest BCUT2D eigenvalue weighted by Crippen LogP contribution is -2.52. The van der Waals surface area contributed by atoms with Crippen LogP contribution in [-0.4, -0.2) is 139 Å². The fourth-order valence-corrected chi connectivity index (χ4v) is 9.51. The fourth-order valence-electron chi connectivity index (χ4n) is 9.51. The SMILES string of the molecule is COc1cc(C(=O)NC2CCC(N3CCN(CCC4CCN(C(=O)OC(C)(C)C)CC4)CC3)CC2)c(F)cc1Nc1ncc2c(n1)N(C1CCCC1)CC(F)(F)C(=O)N2C. The first kappa shape index (κ1) is 43.7. The van der Waals surface area contributed by atoms with Gasteiger partial charge in [-0.2, -0.15) is 13.8 Å². The Hall–Kier alpha value is -4.38. The Labute approximate surface area is 351 Å². The molecule has 5 aliphatic rings. The molecule has 60 heavy (non-hydrogen) atoms. The smallest absolute Gasteiger partial charge is 0.410 e. The highest BCUT2D eigenvalue weighted by Crippen LogP contribution is 2.40. The van der Waals surface area contributed by atoms with Gasteiger partial charge in [0.05, 0.1) is 31.1 Å². The Kier molecular flexibility index (Phi) is 13.3. The van der Waals surface area contributed by atoms with Crippen LogP contribution in [0.25, 0.3) is 0 Å². The standard InChI is InChI=1S/C43H62F3N9O5/c1-42(2,3)60-41(58)54-18-15-28(16-19-54)14-17-52-20-22-53(23-21-52)30-12-10-29(11-13-30)48-38(56)32-24-36(59-5)34(25-33(32)44)49-40-47-26-35-37(50-40)55(31-8-6-7-9-31)27-43(45,46)39(57)51(35)4/h24-26,28-31H,6-23,27H2,1-5H3,(H,48,56)(H,47,49,50). The summed E-state index contributed by atoms with van der Waals surface area (Å²) >= 11 is 0. The van der Waals surface area contributed by atoms with E-state index in [-0.39, 0.29) is 52.6 Å². The van der Waals surface area contributed by atoms with Crippen molar-refractivity contribution in [2.45, 2.75) is 121 Å². The molecule has 14 nitrogen and oxygen atoms in total. The summed E-state index contributed by atoms with van der Waals surface area (Å²) in [5.41, 5.74) is -0.309. The Morgan fingerprint density at radius 1 is 0.933 bits per heavy atom. The quantitative estimate of drug-likeness (QED) is 0.274. The Bertz CT molecular complexity index is 1850. The number of aromatic nitrogens is 2. The van der Waals surface area contributed by atoms with Gasteiger partial charge in [-0.05, 0) is 97.1 Å². The monoisotopic (exact) mass is 841 g/mol. The molecule has 0 atom stereocenters. The lowest BCUT2D eigenvalue weighted by Gasteiger charge is -2.42. The minimum absolute atomic E-state index is 0.00454. The first-order chi connectivity index (χ1) is 28.6. The molecule has 1 aromatic heterocycles. The summed E-state index contributed by atoms with van der Waals surface area (Å²) in [5.74, 6) is -5.22. The number of likely N-dealkylation sites (tertiary alicyclic amines) is 1. The van der Waals surface area contributed by atoms with Gasteiger partial charge in [0.15, 0.2) is 5.82 Å². The third kappa shape index (κ3) is 10.2. The normalized spacial score (nSPS) is 23.6. The predicted octanol–water partition coefficient (Wildman–Crippen LogP) is 6.42. The fraction of sp³-hybridized carbons (Fsp3) is 0.698. The van der Waals surface area contributed by atoms with Crippen molar-refractivity contribution < 1.29 is 37.0 Å². The molecule has 7 rings (SSSR count). The number of rotatable bonds is 10. The maximum Gasteiger partial charge on any atom is 0.410 e. The van der Waals surface area contributed by atoms with Gasteiger partial charge in [0.2, 0.25) is 5.95 Å². The molecular formula is C43H62F3N9O5. The summed E-state index contributed by atoms with van der Waals surface area (Å²) in [6, 6.07) is 2.66. The molecule has 0 radical (unpaired) electrons. The number of benzene rings is 1. The summed E-state index contributed by atoms with van der Waals surface area (Å²) in [6.07, 6.45) is 11.0. The number of fused-ring (bicyclic) bond motifs is 1. The van der Waals surface area contributed by atoms with Crippen LogP contribution in [-0.2, 0) is 9.53 Å². The lowest BCUT2D eigenvalue weighted by atomic mass is 9.89. The first-order valence-corrected chi connectivity index (χ1v) is 21.8. The van der Waals surface area contributed by atoms with Crippen molar-refractivity contribution in [1.29, 1.82) is 0 Å². The van der Waals surface area contributed by atoms with E-state index in [0.29, 0.717) is 24.8 Å². The van der Waals surface area contributed by atoms with E-state index in [1.54, 1.807) is 0 Å². The van der Waals surface area contributed by atoms with Gasteiger partial charge in [0.25, 0.3) is 11.8 Å². The molecule has 4 fully saturated rings. The molecule has 3 amide bonds. The summed E-state index contributed by atoms with van der Waals surface area (Å²) in [5, 5.41) is 6.00. The first-order valence-electron chi connectivity index (χ1n) is 21.8. The van der Waals surface area contributed by atoms with Crippen LogP contribution < -0.4 is 25.2 Å². The number of hydrogen-bond donors (Lipinski definition) is 2. The largest absolute Gasteiger partial charge is 0.495 e. The average Bonchev–Trinajstić information content (AvgIpc) is 3.75. The van der Waals surface area contributed by atoms with E-state index in [2.05, 4.69) is 30.4 Å². The van der Waals surface area contributed by atoms with E-state index in [9.17, 15) is 14.4 Å². The molecule has 17 heteroatoms. The van der Waals surface area contributed by atoms with E-state index in [4.69, 9.17) is 9.47 Å². The molecule has 330 valence electrons. The van der Waals surface area contributed by atoms with Crippen LogP contribution in [0.15, 0.2) is 18.3 Å². The highest BCUT2D eigenvalue weighted by atomic mass is 19.3. The number of ether oxygens (including phenoxy) is 2. The maximum atomic E-state index is 15.7. The Morgan fingerprint density at radius 3 is 2.27 bits per heavy atom. The van der Waals surface area contributed by atoms with Crippen LogP contribution in [0.1, 0.15) is 102 Å². The van der Waals surface area contributed by atoms with Crippen molar-refractivity contribution in [2.24, 2.45) is 5.92 Å². The molecule has 2 aromatic rings. The maximum absolute atomic E-state index is 15.7. The molecular weight excluding hydrogens is 780 g/mol. The number of nitrogens with zero attached hydrogens (tertiary/aromatic N) is 7. The molecule has 0 bridgehead atoms. The molecule has 0 unspecified atom stereocenters. The van der Waals surface area contributed by atoms with Crippen molar-refractivity contribution in [3.8, 4) is 5.75 Å². The van der Waals surface area contributed by atoms with Crippen molar-refractivity contribution in [2.75, 3.05) is 81.6 Å². The topological polar surface area (TPSA) is 136 Å². The zero-order chi connectivity index (χ0) is 42.8. The summed E-state index contributed by atoms with van der Waals surface area (Å²) < 4.78 is 56.9. The molecule has 2 saturated heterocycles. The number of carbonyl (C=O) groups excluding carboxylic acids is 3. The molecule has 2 aliphatic carbocycles. The number of piperazine rings is 1. The summed E-state index contributed by atoms with van der Waals surface area (Å²) in [4.78, 5) is 56.7. The highest BCUT2D eigenvalue weighted by molar-refractivity contribution is 6.02. The molecule has 1 aromatic carbocycles. The number of alkyl halides is 2. The van der Waals surface area contributed by atoms with Crippen molar-refractivity contribution in [3.05, 3.63) is 29.7 Å². The summed E-state index contributed by atoms with van der Waals surface area (Å²) in [6.45, 7) is 11.6. The lowest BCUT2D eigenvalue weighted by molar-refractivity contribution is -0.140. The van der Waals surface area contributed by atoms with Crippen molar-refractivity contribution in [3.63, 3.8) is 0 Å². The zero-order valence-corrected chi connectivity index (χ0v) is 35.8. The number of anilines is 4. The van der Waals surface area contributed by atoms with Crippen molar-refractivity contribution in [1.82, 2.24) is 30.0 Å². The zero-order valence-electron chi connectivity index (χ0n) is 35.8. The van der Waals surface area contributed by atoms with Gasteiger partial charge in [-0.1, -0.05) is 12.8 Å². The van der Waals surface area contributed by atoms with Gasteiger partial charge in [0, 0.05) is 70.5 Å². The van der Waals surface area contributed by atoms with Crippen molar-refractivity contribution >= 4 is 41.0 Å². The number of methoxy groups -OCH3 is 1. The van der Waals surface area contributed by atoms with Gasteiger partial charge >= 0.3 is 12.0 Å². The number of nitrogens with one attached hydrogen (secondary N) is 2. The number of piperidine rings is 1. The average molecular weight is 842 g/mol. The third-order valence-corrected chi connectivity index (χ3v) is 13.0. The minimum Gasteiger partial charge on any atom is -0.495 e. The Balaban J connectivity index is 0.882. The summed E-state index contributed by atoms with van der Waals surface area (Å²) in [7, 11) is 2.69.